The molecule has 2 N–H and O–H groups in total. The fourth-order valence-corrected chi connectivity index (χ4v) is 5.99. The van der Waals surface area contributed by atoms with Crippen molar-refractivity contribution in [3.8, 4) is 0 Å². The number of nitrogens with zero attached hydrogens (tertiary/aromatic N) is 2. The van der Waals surface area contributed by atoms with Gasteiger partial charge >= 0.3 is 11.9 Å². The SMILES string of the molecule is CCOC(=O)c1c(NC(=O)CCC(=O)Nc2sc(C(=O)N(C)C)c(C)c2C(=O)OCC)sc(C(=O)N(C)C)c1C. The van der Waals surface area contributed by atoms with Crippen LogP contribution in [0.25, 0.3) is 0 Å². The first-order chi connectivity index (χ1) is 18.7. The minimum Gasteiger partial charge on any atom is -0.462 e. The maximum Gasteiger partial charge on any atom is 0.341 e. The van der Waals surface area contributed by atoms with Crippen LogP contribution in [0.1, 0.15) is 77.9 Å². The molecule has 0 saturated heterocycles. The summed E-state index contributed by atoms with van der Waals surface area (Å²) in [6.07, 6.45) is -0.519. The van der Waals surface area contributed by atoms with Gasteiger partial charge in [-0.15, -0.1) is 22.7 Å². The van der Waals surface area contributed by atoms with Crippen LogP contribution in [0.5, 0.6) is 0 Å². The fraction of sp³-hybridized carbons (Fsp3) is 0.462. The van der Waals surface area contributed by atoms with Crippen LogP contribution in [0, 0.1) is 13.8 Å². The van der Waals surface area contributed by atoms with Crippen LogP contribution in [-0.4, -0.2) is 86.8 Å². The molecule has 2 aromatic heterocycles. The van der Waals surface area contributed by atoms with Crippen molar-refractivity contribution in [1.82, 2.24) is 9.80 Å². The van der Waals surface area contributed by atoms with Crippen molar-refractivity contribution in [1.29, 1.82) is 0 Å². The number of amides is 4. The van der Waals surface area contributed by atoms with Gasteiger partial charge in [-0.1, -0.05) is 0 Å². The van der Waals surface area contributed by atoms with Gasteiger partial charge in [-0.2, -0.15) is 0 Å². The average Bonchev–Trinajstić information content (AvgIpc) is 3.37. The van der Waals surface area contributed by atoms with E-state index in [1.165, 1.54) is 9.80 Å². The lowest BCUT2D eigenvalue weighted by Gasteiger charge is -2.09. The van der Waals surface area contributed by atoms with E-state index in [2.05, 4.69) is 10.6 Å². The van der Waals surface area contributed by atoms with Gasteiger partial charge in [0.2, 0.25) is 11.8 Å². The van der Waals surface area contributed by atoms with Gasteiger partial charge in [0.1, 0.15) is 10.0 Å². The molecular weight excluding hydrogens is 560 g/mol. The van der Waals surface area contributed by atoms with E-state index in [9.17, 15) is 28.8 Å². The molecule has 2 heterocycles. The number of carbonyl (C=O) groups is 6. The van der Waals surface area contributed by atoms with Crippen LogP contribution in [0.2, 0.25) is 0 Å². The second-order valence-corrected chi connectivity index (χ2v) is 11.0. The Bertz CT molecular complexity index is 1230. The van der Waals surface area contributed by atoms with Crippen LogP contribution >= 0.6 is 22.7 Å². The van der Waals surface area contributed by atoms with Gasteiger partial charge in [0.15, 0.2) is 0 Å². The second-order valence-electron chi connectivity index (χ2n) is 8.96. The van der Waals surface area contributed by atoms with E-state index in [0.29, 0.717) is 11.1 Å². The molecular formula is C26H34N4O8S2. The minimum atomic E-state index is -0.676. The van der Waals surface area contributed by atoms with E-state index in [4.69, 9.17) is 9.47 Å². The predicted molar refractivity (Wildman–Crippen MR) is 153 cm³/mol. The molecule has 0 aliphatic carbocycles. The van der Waals surface area contributed by atoms with E-state index in [1.807, 2.05) is 0 Å². The van der Waals surface area contributed by atoms with Gasteiger partial charge in [0.25, 0.3) is 11.8 Å². The third kappa shape index (κ3) is 7.45. The molecule has 4 amide bonds. The third-order valence-electron chi connectivity index (χ3n) is 5.54. The highest BCUT2D eigenvalue weighted by molar-refractivity contribution is 7.19. The molecule has 2 rings (SSSR count). The van der Waals surface area contributed by atoms with Crippen molar-refractivity contribution >= 4 is 68.2 Å². The van der Waals surface area contributed by atoms with Crippen LogP contribution < -0.4 is 10.6 Å². The smallest absolute Gasteiger partial charge is 0.341 e. The molecule has 218 valence electrons. The number of rotatable bonds is 11. The normalized spacial score (nSPS) is 10.5. The number of carbonyl (C=O) groups excluding carboxylic acids is 6. The van der Waals surface area contributed by atoms with Gasteiger partial charge in [0, 0.05) is 41.0 Å². The zero-order chi connectivity index (χ0) is 30.3. The topological polar surface area (TPSA) is 151 Å². The first-order valence-electron chi connectivity index (χ1n) is 12.4. The highest BCUT2D eigenvalue weighted by atomic mass is 32.1. The Kier molecular flexibility index (Phi) is 11.4. The van der Waals surface area contributed by atoms with Gasteiger partial charge < -0.3 is 29.9 Å². The van der Waals surface area contributed by atoms with Crippen molar-refractivity contribution in [2.24, 2.45) is 0 Å². The number of thiophene rings is 2. The number of hydrogen-bond acceptors (Lipinski definition) is 10. The van der Waals surface area contributed by atoms with E-state index in [1.54, 1.807) is 55.9 Å². The summed E-state index contributed by atoms with van der Waals surface area (Å²) >= 11 is 1.90. The summed E-state index contributed by atoms with van der Waals surface area (Å²) in [4.78, 5) is 79.1. The summed E-state index contributed by atoms with van der Waals surface area (Å²) in [6, 6.07) is 0. The van der Waals surface area contributed by atoms with Crippen molar-refractivity contribution < 1.29 is 38.2 Å². The zero-order valence-electron chi connectivity index (χ0n) is 23.8. The highest BCUT2D eigenvalue weighted by Gasteiger charge is 2.29. The summed E-state index contributed by atoms with van der Waals surface area (Å²) in [5.41, 5.74) is 0.942. The highest BCUT2D eigenvalue weighted by Crippen LogP contribution is 2.36. The van der Waals surface area contributed by atoms with E-state index < -0.39 is 23.8 Å². The Balaban J connectivity index is 2.22. The maximum atomic E-state index is 12.8. The molecule has 40 heavy (non-hydrogen) atoms. The lowest BCUT2D eigenvalue weighted by Crippen LogP contribution is -2.21. The van der Waals surface area contributed by atoms with E-state index >= 15 is 0 Å². The molecule has 0 aromatic carbocycles. The molecule has 0 unspecified atom stereocenters. The summed E-state index contributed by atoms with van der Waals surface area (Å²) < 4.78 is 10.2. The summed E-state index contributed by atoms with van der Waals surface area (Å²) in [7, 11) is 6.29. The maximum absolute atomic E-state index is 12.8. The quantitative estimate of drug-likeness (QED) is 0.375. The molecule has 0 aliphatic heterocycles. The molecule has 0 spiro atoms. The fourth-order valence-electron chi connectivity index (χ4n) is 3.52. The summed E-state index contributed by atoms with van der Waals surface area (Å²) in [5.74, 6) is -3.15. The molecule has 0 radical (unpaired) electrons. The number of anilines is 2. The molecule has 0 aliphatic rings. The summed E-state index contributed by atoms with van der Waals surface area (Å²) in [5, 5.41) is 5.53. The van der Waals surface area contributed by atoms with Crippen LogP contribution in [0.4, 0.5) is 10.0 Å². The molecule has 12 nitrogen and oxygen atoms in total. The number of hydrogen-bond donors (Lipinski definition) is 2. The molecule has 2 aromatic rings. The van der Waals surface area contributed by atoms with Gasteiger partial charge in [-0.25, -0.2) is 9.59 Å². The zero-order valence-corrected chi connectivity index (χ0v) is 25.4. The molecule has 0 saturated carbocycles. The van der Waals surface area contributed by atoms with Gasteiger partial charge in [0.05, 0.1) is 34.1 Å². The molecule has 14 heteroatoms. The summed E-state index contributed by atoms with van der Waals surface area (Å²) in [6.45, 7) is 6.70. The minimum absolute atomic E-state index is 0.0843. The standard InChI is InChI=1S/C26H34N4O8S2/c1-9-37-25(35)17-13(3)19(23(33)29(5)6)39-21(17)27-15(31)11-12-16(32)28-22-18(26(36)38-10-2)14(4)20(40-22)24(34)30(7)8/h9-12H2,1-8H3,(H,27,31)(H,28,32). The first-order valence-corrected chi connectivity index (χ1v) is 14.0. The van der Waals surface area contributed by atoms with Crippen molar-refractivity contribution in [2.45, 2.75) is 40.5 Å². The average molecular weight is 595 g/mol. The van der Waals surface area contributed by atoms with Crippen LogP contribution in [0.3, 0.4) is 0 Å². The number of esters is 2. The van der Waals surface area contributed by atoms with E-state index in [-0.39, 0.29) is 68.8 Å². The molecule has 0 bridgehead atoms. The monoisotopic (exact) mass is 594 g/mol. The molecule has 0 atom stereocenters. The molecule has 0 fully saturated rings. The van der Waals surface area contributed by atoms with Crippen LogP contribution in [-0.2, 0) is 19.1 Å². The Labute approximate surface area is 240 Å². The van der Waals surface area contributed by atoms with Crippen molar-refractivity contribution in [2.75, 3.05) is 52.0 Å². The van der Waals surface area contributed by atoms with E-state index in [0.717, 1.165) is 22.7 Å². The Morgan fingerprint density at radius 1 is 0.650 bits per heavy atom. The Morgan fingerprint density at radius 2 is 0.975 bits per heavy atom. The predicted octanol–water partition coefficient (Wildman–Crippen LogP) is 3.54. The van der Waals surface area contributed by atoms with Gasteiger partial charge in [-0.3, -0.25) is 19.2 Å². The van der Waals surface area contributed by atoms with Crippen molar-refractivity contribution in [3.05, 3.63) is 32.0 Å². The van der Waals surface area contributed by atoms with Crippen molar-refractivity contribution in [3.63, 3.8) is 0 Å². The number of ether oxygens (including phenoxy) is 2. The van der Waals surface area contributed by atoms with Crippen LogP contribution in [0.15, 0.2) is 0 Å². The Morgan fingerprint density at radius 3 is 1.25 bits per heavy atom. The lowest BCUT2D eigenvalue weighted by molar-refractivity contribution is -0.121. The second kappa shape index (κ2) is 14.0. The number of nitrogens with one attached hydrogen (secondary N) is 2. The third-order valence-corrected chi connectivity index (χ3v) is 7.93. The lowest BCUT2D eigenvalue weighted by atomic mass is 10.1. The van der Waals surface area contributed by atoms with Gasteiger partial charge in [-0.05, 0) is 38.8 Å². The Hall–Kier alpha value is -3.78. The largest absolute Gasteiger partial charge is 0.462 e. The first kappa shape index (κ1) is 32.4.